The first-order valence-corrected chi connectivity index (χ1v) is 9.95. The molecule has 3 aromatic carbocycles. The van der Waals surface area contributed by atoms with Gasteiger partial charge in [0, 0.05) is 29.8 Å². The van der Waals surface area contributed by atoms with Crippen LogP contribution in [0.1, 0.15) is 22.1 Å². The Balaban J connectivity index is 1.44. The van der Waals surface area contributed by atoms with Gasteiger partial charge in [-0.25, -0.2) is 4.98 Å². The number of aromatic nitrogens is 2. The van der Waals surface area contributed by atoms with Gasteiger partial charge in [0.15, 0.2) is 11.5 Å². The molecule has 0 saturated heterocycles. The highest BCUT2D eigenvalue weighted by atomic mass is 16.7. The predicted octanol–water partition coefficient (Wildman–Crippen LogP) is 4.37. The Morgan fingerprint density at radius 1 is 0.935 bits per heavy atom. The van der Waals surface area contributed by atoms with E-state index in [0.29, 0.717) is 17.1 Å². The van der Waals surface area contributed by atoms with E-state index in [9.17, 15) is 4.79 Å². The fourth-order valence-corrected chi connectivity index (χ4v) is 4.03. The molecule has 2 aliphatic rings. The molecule has 0 radical (unpaired) electrons. The second-order valence-electron chi connectivity index (χ2n) is 7.37. The molecule has 1 unspecified atom stereocenters. The molecule has 0 aliphatic carbocycles. The zero-order valence-corrected chi connectivity index (χ0v) is 16.4. The molecule has 6 rings (SSSR count). The Bertz CT molecular complexity index is 1270. The van der Waals surface area contributed by atoms with Crippen molar-refractivity contribution in [1.82, 2.24) is 9.55 Å². The van der Waals surface area contributed by atoms with Gasteiger partial charge in [0.05, 0.1) is 17.6 Å². The number of ether oxygens (including phenoxy) is 2. The summed E-state index contributed by atoms with van der Waals surface area (Å²) in [6.07, 6.45) is 5.02. The molecule has 0 spiro atoms. The highest BCUT2D eigenvalue weighted by Crippen LogP contribution is 2.41. The van der Waals surface area contributed by atoms with Crippen molar-refractivity contribution in [3.05, 3.63) is 96.6 Å². The van der Waals surface area contributed by atoms with Gasteiger partial charge < -0.3 is 19.4 Å². The maximum Gasteiger partial charge on any atom is 0.262 e. The van der Waals surface area contributed by atoms with Gasteiger partial charge in [0.1, 0.15) is 6.17 Å². The summed E-state index contributed by atoms with van der Waals surface area (Å²) in [7, 11) is 0. The van der Waals surface area contributed by atoms with Crippen molar-refractivity contribution in [2.45, 2.75) is 6.17 Å². The molecule has 0 saturated carbocycles. The predicted molar refractivity (Wildman–Crippen MR) is 116 cm³/mol. The number of carbonyl (C=O) groups excluding carboxylic acids is 1. The lowest BCUT2D eigenvalue weighted by Crippen LogP contribution is -2.43. The minimum absolute atomic E-state index is 0.0723. The van der Waals surface area contributed by atoms with Gasteiger partial charge in [0.2, 0.25) is 6.79 Å². The minimum Gasteiger partial charge on any atom is -0.454 e. The highest BCUT2D eigenvalue weighted by molar-refractivity contribution is 6.12. The molecule has 31 heavy (non-hydrogen) atoms. The molecule has 4 aromatic rings. The first-order chi connectivity index (χ1) is 15.3. The Labute approximate surface area is 178 Å². The SMILES string of the molecule is O=C1c2ccccc2NC(c2ccc(-n3ccnc3)cc2)N1c1ccc2c(c1)OCO2. The van der Waals surface area contributed by atoms with E-state index in [1.54, 1.807) is 17.4 Å². The third-order valence-electron chi connectivity index (χ3n) is 5.57. The maximum absolute atomic E-state index is 13.6. The molecule has 1 N–H and O–H groups in total. The van der Waals surface area contributed by atoms with Crippen molar-refractivity contribution in [2.24, 2.45) is 0 Å². The molecule has 2 aliphatic heterocycles. The second-order valence-corrected chi connectivity index (χ2v) is 7.37. The first kappa shape index (κ1) is 17.6. The molecule has 0 bridgehead atoms. The van der Waals surface area contributed by atoms with Crippen molar-refractivity contribution < 1.29 is 14.3 Å². The van der Waals surface area contributed by atoms with Gasteiger partial charge in [-0.15, -0.1) is 0 Å². The maximum atomic E-state index is 13.6. The number of para-hydroxylation sites is 1. The normalized spacial score (nSPS) is 16.7. The third kappa shape index (κ3) is 2.90. The average Bonchev–Trinajstić information content (AvgIpc) is 3.51. The van der Waals surface area contributed by atoms with Crippen LogP contribution in [0.5, 0.6) is 11.5 Å². The third-order valence-corrected chi connectivity index (χ3v) is 5.57. The van der Waals surface area contributed by atoms with Crippen molar-refractivity contribution in [3.8, 4) is 17.2 Å². The van der Waals surface area contributed by atoms with Crippen LogP contribution < -0.4 is 19.7 Å². The number of nitrogens with one attached hydrogen (secondary N) is 1. The Morgan fingerprint density at radius 3 is 2.58 bits per heavy atom. The van der Waals surface area contributed by atoms with Gasteiger partial charge in [-0.05, 0) is 42.0 Å². The quantitative estimate of drug-likeness (QED) is 0.543. The van der Waals surface area contributed by atoms with Crippen molar-refractivity contribution in [1.29, 1.82) is 0 Å². The summed E-state index contributed by atoms with van der Waals surface area (Å²) in [6.45, 7) is 0.187. The molecule has 1 aromatic heterocycles. The van der Waals surface area contributed by atoms with Crippen LogP contribution >= 0.6 is 0 Å². The van der Waals surface area contributed by atoms with E-state index in [1.165, 1.54) is 0 Å². The summed E-state index contributed by atoms with van der Waals surface area (Å²) < 4.78 is 12.9. The van der Waals surface area contributed by atoms with Gasteiger partial charge in [-0.2, -0.15) is 0 Å². The zero-order valence-electron chi connectivity index (χ0n) is 16.4. The first-order valence-electron chi connectivity index (χ1n) is 9.95. The molecular weight excluding hydrogens is 392 g/mol. The molecule has 7 heteroatoms. The Kier molecular flexibility index (Phi) is 3.92. The van der Waals surface area contributed by atoms with Crippen LogP contribution in [-0.4, -0.2) is 22.3 Å². The number of rotatable bonds is 3. The van der Waals surface area contributed by atoms with Crippen LogP contribution in [0.15, 0.2) is 85.5 Å². The lowest BCUT2D eigenvalue weighted by molar-refractivity contribution is 0.0975. The molecule has 152 valence electrons. The van der Waals surface area contributed by atoms with E-state index in [4.69, 9.17) is 9.47 Å². The van der Waals surface area contributed by atoms with E-state index in [0.717, 1.165) is 22.6 Å². The highest BCUT2D eigenvalue weighted by Gasteiger charge is 2.34. The number of nitrogens with zero attached hydrogens (tertiary/aromatic N) is 3. The van der Waals surface area contributed by atoms with Gasteiger partial charge in [-0.1, -0.05) is 24.3 Å². The molecular formula is C24H18N4O3. The van der Waals surface area contributed by atoms with Crippen LogP contribution in [0, 0.1) is 0 Å². The number of carbonyl (C=O) groups is 1. The summed E-state index contributed by atoms with van der Waals surface area (Å²) in [4.78, 5) is 19.4. The largest absolute Gasteiger partial charge is 0.454 e. The van der Waals surface area contributed by atoms with E-state index >= 15 is 0 Å². The van der Waals surface area contributed by atoms with Crippen LogP contribution in [0.3, 0.4) is 0 Å². The number of benzene rings is 3. The summed E-state index contributed by atoms with van der Waals surface area (Å²) >= 11 is 0. The fraction of sp³-hybridized carbons (Fsp3) is 0.0833. The summed E-state index contributed by atoms with van der Waals surface area (Å²) in [5.41, 5.74) is 4.14. The van der Waals surface area contributed by atoms with E-state index in [2.05, 4.69) is 10.3 Å². The van der Waals surface area contributed by atoms with Crippen LogP contribution in [0.4, 0.5) is 11.4 Å². The van der Waals surface area contributed by atoms with Crippen molar-refractivity contribution in [3.63, 3.8) is 0 Å². The molecule has 0 fully saturated rings. The molecule has 1 amide bonds. The van der Waals surface area contributed by atoms with Crippen LogP contribution in [0.2, 0.25) is 0 Å². The lowest BCUT2D eigenvalue weighted by atomic mass is 10.0. The average molecular weight is 410 g/mol. The zero-order chi connectivity index (χ0) is 20.8. The second kappa shape index (κ2) is 6.91. The summed E-state index contributed by atoms with van der Waals surface area (Å²) in [5.74, 6) is 1.25. The number of amides is 1. The van der Waals surface area contributed by atoms with Gasteiger partial charge in [-0.3, -0.25) is 9.69 Å². The fourth-order valence-electron chi connectivity index (χ4n) is 4.03. The summed E-state index contributed by atoms with van der Waals surface area (Å²) in [6, 6.07) is 21.2. The lowest BCUT2D eigenvalue weighted by Gasteiger charge is -2.38. The van der Waals surface area contributed by atoms with E-state index in [-0.39, 0.29) is 18.9 Å². The van der Waals surface area contributed by atoms with E-state index < -0.39 is 0 Å². The topological polar surface area (TPSA) is 68.6 Å². The van der Waals surface area contributed by atoms with Crippen molar-refractivity contribution >= 4 is 17.3 Å². The summed E-state index contributed by atoms with van der Waals surface area (Å²) in [5, 5.41) is 3.53. The Hall–Kier alpha value is -4.26. The smallest absolute Gasteiger partial charge is 0.262 e. The standard InChI is InChI=1S/C24H18N4O3/c29-24-19-3-1-2-4-20(19)26-23(16-5-7-17(8-6-16)27-12-11-25-14-27)28(24)18-9-10-21-22(13-18)31-15-30-21/h1-14,23,26H,15H2. The van der Waals surface area contributed by atoms with Gasteiger partial charge >= 0.3 is 0 Å². The monoisotopic (exact) mass is 410 g/mol. The molecule has 3 heterocycles. The minimum atomic E-state index is -0.375. The van der Waals surface area contributed by atoms with Crippen LogP contribution in [0.25, 0.3) is 5.69 Å². The molecule has 1 atom stereocenters. The number of anilines is 2. The van der Waals surface area contributed by atoms with Crippen LogP contribution in [-0.2, 0) is 0 Å². The van der Waals surface area contributed by atoms with Crippen molar-refractivity contribution in [2.75, 3.05) is 17.0 Å². The number of fused-ring (bicyclic) bond motifs is 2. The number of imidazole rings is 1. The van der Waals surface area contributed by atoms with E-state index in [1.807, 2.05) is 77.5 Å². The van der Waals surface area contributed by atoms with Gasteiger partial charge in [0.25, 0.3) is 5.91 Å². The number of hydrogen-bond donors (Lipinski definition) is 1. The Morgan fingerprint density at radius 2 is 1.74 bits per heavy atom. The number of hydrogen-bond acceptors (Lipinski definition) is 5. The molecule has 7 nitrogen and oxygen atoms in total.